The second-order valence-electron chi connectivity index (χ2n) is 4.80. The van der Waals surface area contributed by atoms with E-state index in [-0.39, 0.29) is 10.8 Å². The second-order valence-corrected chi connectivity index (χ2v) is 6.56. The molecule has 0 atom stereocenters. The first-order valence-electron chi connectivity index (χ1n) is 6.26. The van der Waals surface area contributed by atoms with E-state index in [9.17, 15) is 5.11 Å². The minimum Gasteiger partial charge on any atom is -0.506 e. The van der Waals surface area contributed by atoms with Crippen molar-refractivity contribution in [1.82, 2.24) is 0 Å². The van der Waals surface area contributed by atoms with E-state index in [1.165, 1.54) is 6.07 Å². The largest absolute Gasteiger partial charge is 0.506 e. The molecule has 21 heavy (non-hydrogen) atoms. The maximum Gasteiger partial charge on any atom is 0.139 e. The number of phenols is 1. The number of anilines is 2. The Morgan fingerprint density at radius 3 is 2.57 bits per heavy atom. The highest BCUT2D eigenvalue weighted by Crippen LogP contribution is 2.33. The first-order valence-corrected chi connectivity index (χ1v) is 7.81. The van der Waals surface area contributed by atoms with Crippen LogP contribution in [0.3, 0.4) is 0 Å². The molecule has 0 bridgehead atoms. The van der Waals surface area contributed by atoms with Crippen molar-refractivity contribution in [2.24, 2.45) is 0 Å². The summed E-state index contributed by atoms with van der Waals surface area (Å²) in [6, 6.07) is 9.19. The van der Waals surface area contributed by atoms with Crippen LogP contribution in [-0.4, -0.2) is 19.2 Å². The predicted molar refractivity (Wildman–Crippen MR) is 93.9 cm³/mol. The fourth-order valence-corrected chi connectivity index (χ4v) is 2.88. The van der Waals surface area contributed by atoms with Crippen LogP contribution in [0.4, 0.5) is 11.4 Å². The van der Waals surface area contributed by atoms with Crippen LogP contribution < -0.4 is 10.2 Å². The Hall–Kier alpha value is -1.10. The topological polar surface area (TPSA) is 35.5 Å². The van der Waals surface area contributed by atoms with Crippen molar-refractivity contribution in [1.29, 1.82) is 0 Å². The molecular weight excluding hydrogens is 375 g/mol. The van der Waals surface area contributed by atoms with Crippen molar-refractivity contribution in [3.63, 3.8) is 0 Å². The maximum absolute atomic E-state index is 9.98. The minimum absolute atomic E-state index is 0.0509. The molecule has 0 aliphatic heterocycles. The fraction of sp³-hybridized carbons (Fsp3) is 0.200. The molecule has 2 N–H and O–H groups in total. The molecule has 0 amide bonds. The lowest BCUT2D eigenvalue weighted by atomic mass is 10.2. The van der Waals surface area contributed by atoms with Gasteiger partial charge in [-0.2, -0.15) is 0 Å². The molecule has 0 radical (unpaired) electrons. The average Bonchev–Trinajstić information content (AvgIpc) is 2.40. The Morgan fingerprint density at radius 2 is 1.90 bits per heavy atom. The lowest BCUT2D eigenvalue weighted by molar-refractivity contribution is 0.469. The van der Waals surface area contributed by atoms with Crippen molar-refractivity contribution in [3.8, 4) is 5.75 Å². The van der Waals surface area contributed by atoms with Crippen molar-refractivity contribution in [2.75, 3.05) is 24.3 Å². The number of nitrogens with one attached hydrogen (secondary N) is 1. The van der Waals surface area contributed by atoms with Gasteiger partial charge in [0.1, 0.15) is 5.75 Å². The van der Waals surface area contributed by atoms with E-state index in [0.29, 0.717) is 17.1 Å². The Balaban J connectivity index is 2.26. The molecule has 0 aliphatic carbocycles. The fourth-order valence-electron chi connectivity index (χ4n) is 1.98. The van der Waals surface area contributed by atoms with E-state index in [1.54, 1.807) is 6.07 Å². The summed E-state index contributed by atoms with van der Waals surface area (Å²) in [7, 11) is 3.95. The molecule has 112 valence electrons. The van der Waals surface area contributed by atoms with Gasteiger partial charge in [-0.15, -0.1) is 0 Å². The number of halogens is 3. The first kappa shape index (κ1) is 16.3. The summed E-state index contributed by atoms with van der Waals surface area (Å²) in [6.07, 6.45) is 0. The summed E-state index contributed by atoms with van der Waals surface area (Å²) < 4.78 is 0.976. The third-order valence-electron chi connectivity index (χ3n) is 3.02. The Kier molecular flexibility index (Phi) is 5.25. The van der Waals surface area contributed by atoms with Crippen molar-refractivity contribution in [3.05, 3.63) is 50.4 Å². The second kappa shape index (κ2) is 6.77. The highest BCUT2D eigenvalue weighted by molar-refractivity contribution is 9.10. The van der Waals surface area contributed by atoms with Crippen LogP contribution in [0, 0.1) is 0 Å². The summed E-state index contributed by atoms with van der Waals surface area (Å²) in [6.45, 7) is 0.420. The highest BCUT2D eigenvalue weighted by atomic mass is 79.9. The normalized spacial score (nSPS) is 10.5. The third-order valence-corrected chi connectivity index (χ3v) is 4.02. The number of benzene rings is 2. The third kappa shape index (κ3) is 3.96. The number of aromatic hydroxyl groups is 1. The van der Waals surface area contributed by atoms with Crippen LogP contribution in [0.15, 0.2) is 34.8 Å². The zero-order valence-corrected chi connectivity index (χ0v) is 14.7. The number of phenolic OH excluding ortho intramolecular Hbond substituents is 1. The molecule has 2 aromatic rings. The SMILES string of the molecule is CN(C)c1ccc(Br)cc1NCc1cc(Cl)cc(Cl)c1O. The van der Waals surface area contributed by atoms with Crippen molar-refractivity contribution in [2.45, 2.75) is 6.54 Å². The Labute approximate surface area is 142 Å². The molecule has 0 fully saturated rings. The van der Waals surface area contributed by atoms with Crippen LogP contribution in [-0.2, 0) is 6.54 Å². The summed E-state index contributed by atoms with van der Waals surface area (Å²) >= 11 is 15.4. The van der Waals surface area contributed by atoms with Gasteiger partial charge in [0.05, 0.1) is 16.4 Å². The van der Waals surface area contributed by atoms with Gasteiger partial charge in [-0.3, -0.25) is 0 Å². The Bertz CT molecular complexity index is 662. The molecule has 6 heteroatoms. The first-order chi connectivity index (χ1) is 9.88. The minimum atomic E-state index is 0.0509. The maximum atomic E-state index is 9.98. The van der Waals surface area contributed by atoms with Gasteiger partial charge in [-0.1, -0.05) is 39.1 Å². The molecular formula is C15H15BrCl2N2O. The number of nitrogens with zero attached hydrogens (tertiary/aromatic N) is 1. The Morgan fingerprint density at radius 1 is 1.19 bits per heavy atom. The predicted octanol–water partition coefficient (Wildman–Crippen LogP) is 5.14. The van der Waals surface area contributed by atoms with Gasteiger partial charge < -0.3 is 15.3 Å². The van der Waals surface area contributed by atoms with Crippen LogP contribution in [0.1, 0.15) is 5.56 Å². The molecule has 0 spiro atoms. The van der Waals surface area contributed by atoms with Crippen LogP contribution in [0.5, 0.6) is 5.75 Å². The molecule has 0 aromatic heterocycles. The molecule has 0 aliphatic rings. The van der Waals surface area contributed by atoms with E-state index < -0.39 is 0 Å². The molecule has 0 saturated heterocycles. The standard InChI is InChI=1S/C15H15BrCl2N2O/c1-20(2)14-4-3-10(16)6-13(14)19-8-9-5-11(17)7-12(18)15(9)21/h3-7,19,21H,8H2,1-2H3. The van der Waals surface area contributed by atoms with Crippen LogP contribution in [0.25, 0.3) is 0 Å². The zero-order valence-electron chi connectivity index (χ0n) is 11.6. The van der Waals surface area contributed by atoms with Gasteiger partial charge in [-0.25, -0.2) is 0 Å². The van der Waals surface area contributed by atoms with Gasteiger partial charge in [0.15, 0.2) is 0 Å². The summed E-state index contributed by atoms with van der Waals surface area (Å²) in [5.74, 6) is 0.0509. The lowest BCUT2D eigenvalue weighted by Crippen LogP contribution is -2.12. The van der Waals surface area contributed by atoms with E-state index >= 15 is 0 Å². The molecule has 2 rings (SSSR count). The molecule has 0 unspecified atom stereocenters. The summed E-state index contributed by atoms with van der Waals surface area (Å²) in [4.78, 5) is 2.01. The van der Waals surface area contributed by atoms with E-state index in [2.05, 4.69) is 21.2 Å². The van der Waals surface area contributed by atoms with Crippen molar-refractivity contribution < 1.29 is 5.11 Å². The number of hydrogen-bond acceptors (Lipinski definition) is 3. The van der Waals surface area contributed by atoms with E-state index in [1.807, 2.05) is 37.2 Å². The molecule has 3 nitrogen and oxygen atoms in total. The van der Waals surface area contributed by atoms with Gasteiger partial charge in [0, 0.05) is 35.7 Å². The zero-order chi connectivity index (χ0) is 15.6. The van der Waals surface area contributed by atoms with Gasteiger partial charge in [-0.05, 0) is 30.3 Å². The van der Waals surface area contributed by atoms with Gasteiger partial charge in [0.2, 0.25) is 0 Å². The number of hydrogen-bond donors (Lipinski definition) is 2. The molecule has 2 aromatic carbocycles. The molecule has 0 heterocycles. The summed E-state index contributed by atoms with van der Waals surface area (Å²) in [5, 5.41) is 14.0. The van der Waals surface area contributed by atoms with Crippen LogP contribution in [0.2, 0.25) is 10.0 Å². The van der Waals surface area contributed by atoms with Gasteiger partial charge in [0.25, 0.3) is 0 Å². The van der Waals surface area contributed by atoms with Gasteiger partial charge >= 0.3 is 0 Å². The monoisotopic (exact) mass is 388 g/mol. The smallest absolute Gasteiger partial charge is 0.139 e. The lowest BCUT2D eigenvalue weighted by Gasteiger charge is -2.19. The highest BCUT2D eigenvalue weighted by Gasteiger charge is 2.10. The quantitative estimate of drug-likeness (QED) is 0.759. The average molecular weight is 390 g/mol. The summed E-state index contributed by atoms with van der Waals surface area (Å²) in [5.41, 5.74) is 2.65. The van der Waals surface area contributed by atoms with E-state index in [4.69, 9.17) is 23.2 Å². The van der Waals surface area contributed by atoms with Crippen molar-refractivity contribution >= 4 is 50.5 Å². The van der Waals surface area contributed by atoms with E-state index in [0.717, 1.165) is 15.8 Å². The number of rotatable bonds is 4. The molecule has 0 saturated carbocycles. The van der Waals surface area contributed by atoms with Crippen LogP contribution >= 0.6 is 39.1 Å².